The van der Waals surface area contributed by atoms with Gasteiger partial charge < -0.3 is 10.6 Å². The number of rotatable bonds is 2. The maximum Gasteiger partial charge on any atom is 0.253 e. The highest BCUT2D eigenvalue weighted by molar-refractivity contribution is 9.10. The Morgan fingerprint density at radius 2 is 2.00 bits per heavy atom. The second-order valence-corrected chi connectivity index (χ2v) is 5.97. The largest absolute Gasteiger partial charge is 0.339 e. The van der Waals surface area contributed by atoms with Crippen molar-refractivity contribution in [3.8, 4) is 0 Å². The van der Waals surface area contributed by atoms with E-state index in [2.05, 4.69) is 15.9 Å². The Bertz CT molecular complexity index is 473. The molecule has 0 radical (unpaired) electrons. The van der Waals surface area contributed by atoms with Crippen molar-refractivity contribution in [1.82, 2.24) is 4.90 Å². The molecule has 3 nitrogen and oxygen atoms in total. The molecule has 0 aromatic heterocycles. The van der Waals surface area contributed by atoms with Crippen LogP contribution in [-0.2, 0) is 0 Å². The van der Waals surface area contributed by atoms with Gasteiger partial charge in [0, 0.05) is 24.7 Å². The smallest absolute Gasteiger partial charge is 0.253 e. The van der Waals surface area contributed by atoms with Crippen molar-refractivity contribution in [3.05, 3.63) is 34.1 Å². The summed E-state index contributed by atoms with van der Waals surface area (Å²) in [6.07, 6.45) is 3.78. The minimum absolute atomic E-state index is 0.0684. The van der Waals surface area contributed by atoms with Crippen LogP contribution in [0.1, 0.15) is 36.0 Å². The van der Waals surface area contributed by atoms with E-state index in [1.807, 2.05) is 0 Å². The molecule has 19 heavy (non-hydrogen) atoms. The predicted octanol–water partition coefficient (Wildman–Crippen LogP) is 2.93. The fourth-order valence-corrected chi connectivity index (χ4v) is 2.87. The molecule has 1 fully saturated rings. The van der Waals surface area contributed by atoms with E-state index in [4.69, 9.17) is 5.73 Å². The van der Waals surface area contributed by atoms with Crippen molar-refractivity contribution < 1.29 is 9.18 Å². The third-order valence-electron chi connectivity index (χ3n) is 3.78. The predicted molar refractivity (Wildman–Crippen MR) is 76.4 cm³/mol. The van der Waals surface area contributed by atoms with Crippen LogP contribution in [0.2, 0.25) is 0 Å². The fourth-order valence-electron chi connectivity index (χ4n) is 2.49. The molecule has 0 atom stereocenters. The van der Waals surface area contributed by atoms with E-state index in [0.717, 1.165) is 25.7 Å². The van der Waals surface area contributed by atoms with Crippen LogP contribution in [0.25, 0.3) is 0 Å². The fraction of sp³-hybridized carbons (Fsp3) is 0.500. The lowest BCUT2D eigenvalue weighted by Gasteiger charge is -2.33. The second-order valence-electron chi connectivity index (χ2n) is 5.11. The molecular formula is C14H18BrFN2O. The third kappa shape index (κ3) is 3.34. The minimum atomic E-state index is -0.358. The van der Waals surface area contributed by atoms with Crippen molar-refractivity contribution in [3.63, 3.8) is 0 Å². The molecular weight excluding hydrogens is 311 g/mol. The summed E-state index contributed by atoms with van der Waals surface area (Å²) in [6.45, 7) is 0. The third-order valence-corrected chi connectivity index (χ3v) is 4.38. The lowest BCUT2D eigenvalue weighted by molar-refractivity contribution is 0.0690. The van der Waals surface area contributed by atoms with Crippen molar-refractivity contribution in [2.45, 2.75) is 37.8 Å². The molecule has 2 rings (SSSR count). The van der Waals surface area contributed by atoms with Gasteiger partial charge in [0.2, 0.25) is 0 Å². The average Bonchev–Trinajstić information content (AvgIpc) is 2.41. The summed E-state index contributed by atoms with van der Waals surface area (Å²) in [5.74, 6) is -0.427. The second kappa shape index (κ2) is 6.01. The van der Waals surface area contributed by atoms with E-state index in [-0.39, 0.29) is 23.8 Å². The maximum absolute atomic E-state index is 13.2. The summed E-state index contributed by atoms with van der Waals surface area (Å²) in [7, 11) is 1.81. The molecule has 0 aliphatic heterocycles. The average molecular weight is 329 g/mol. The van der Waals surface area contributed by atoms with Crippen LogP contribution < -0.4 is 5.73 Å². The molecule has 104 valence electrons. The van der Waals surface area contributed by atoms with Gasteiger partial charge in [0.1, 0.15) is 5.82 Å². The number of nitrogens with zero attached hydrogens (tertiary/aromatic N) is 1. The van der Waals surface area contributed by atoms with Crippen molar-refractivity contribution in [2.75, 3.05) is 7.05 Å². The van der Waals surface area contributed by atoms with E-state index in [1.54, 1.807) is 11.9 Å². The summed E-state index contributed by atoms with van der Waals surface area (Å²) >= 11 is 3.11. The molecule has 1 aromatic carbocycles. The van der Waals surface area contributed by atoms with E-state index in [9.17, 15) is 9.18 Å². The van der Waals surface area contributed by atoms with Crippen molar-refractivity contribution >= 4 is 21.8 Å². The Morgan fingerprint density at radius 3 is 2.58 bits per heavy atom. The van der Waals surface area contributed by atoms with E-state index in [1.165, 1.54) is 18.2 Å². The Labute approximate surface area is 121 Å². The molecule has 2 N–H and O–H groups in total. The molecule has 0 unspecified atom stereocenters. The van der Waals surface area contributed by atoms with Gasteiger partial charge in [-0.25, -0.2) is 4.39 Å². The summed E-state index contributed by atoms with van der Waals surface area (Å²) in [4.78, 5) is 14.1. The number of amides is 1. The number of hydrogen-bond donors (Lipinski definition) is 1. The van der Waals surface area contributed by atoms with E-state index < -0.39 is 0 Å². The lowest BCUT2D eigenvalue weighted by atomic mass is 9.90. The molecule has 0 spiro atoms. The number of benzene rings is 1. The number of halogens is 2. The summed E-state index contributed by atoms with van der Waals surface area (Å²) in [5, 5.41) is 0. The van der Waals surface area contributed by atoms with Gasteiger partial charge in [-0.1, -0.05) is 0 Å². The standard InChI is InChI=1S/C14H18BrFN2O/c1-18(11-5-3-10(17)4-6-11)14(19)9-2-7-13(16)12(15)8-9/h2,7-8,10-11H,3-6,17H2,1H3. The van der Waals surface area contributed by atoms with Crippen molar-refractivity contribution in [2.24, 2.45) is 5.73 Å². The number of carbonyl (C=O) groups is 1. The summed E-state index contributed by atoms with van der Waals surface area (Å²) in [6, 6.07) is 4.86. The first-order valence-corrected chi connectivity index (χ1v) is 7.26. The molecule has 1 aromatic rings. The maximum atomic E-state index is 13.2. The first kappa shape index (κ1) is 14.5. The van der Waals surface area contributed by atoms with Gasteiger partial charge in [0.05, 0.1) is 4.47 Å². The van der Waals surface area contributed by atoms with Gasteiger partial charge in [-0.3, -0.25) is 4.79 Å². The van der Waals surface area contributed by atoms with Crippen LogP contribution in [0.3, 0.4) is 0 Å². The van der Waals surface area contributed by atoms with Crippen LogP contribution >= 0.6 is 15.9 Å². The van der Waals surface area contributed by atoms with Crippen LogP contribution in [0.15, 0.2) is 22.7 Å². The molecule has 0 bridgehead atoms. The van der Waals surface area contributed by atoms with Gasteiger partial charge >= 0.3 is 0 Å². The SMILES string of the molecule is CN(C(=O)c1ccc(F)c(Br)c1)C1CCC(N)CC1. The molecule has 1 aliphatic rings. The number of hydrogen-bond acceptors (Lipinski definition) is 2. The van der Waals surface area contributed by atoms with Crippen LogP contribution in [0.5, 0.6) is 0 Å². The molecule has 0 heterocycles. The van der Waals surface area contributed by atoms with Gasteiger partial charge in [0.25, 0.3) is 5.91 Å². The number of nitrogens with two attached hydrogens (primary N) is 1. The highest BCUT2D eigenvalue weighted by Gasteiger charge is 2.25. The minimum Gasteiger partial charge on any atom is -0.339 e. The topological polar surface area (TPSA) is 46.3 Å². The van der Waals surface area contributed by atoms with Crippen LogP contribution in [0.4, 0.5) is 4.39 Å². The highest BCUT2D eigenvalue weighted by Crippen LogP contribution is 2.24. The van der Waals surface area contributed by atoms with Gasteiger partial charge in [-0.15, -0.1) is 0 Å². The molecule has 1 amide bonds. The quantitative estimate of drug-likeness (QED) is 0.907. The van der Waals surface area contributed by atoms with Crippen LogP contribution in [-0.4, -0.2) is 29.9 Å². The molecule has 0 saturated heterocycles. The normalized spacial score (nSPS) is 23.2. The molecule has 5 heteroatoms. The molecule has 1 saturated carbocycles. The van der Waals surface area contributed by atoms with Crippen LogP contribution in [0, 0.1) is 5.82 Å². The van der Waals surface area contributed by atoms with E-state index in [0.29, 0.717) is 10.0 Å². The first-order valence-electron chi connectivity index (χ1n) is 6.47. The Morgan fingerprint density at radius 1 is 1.37 bits per heavy atom. The first-order chi connectivity index (χ1) is 8.99. The number of carbonyl (C=O) groups excluding carboxylic acids is 1. The van der Waals surface area contributed by atoms with Gasteiger partial charge in [-0.05, 0) is 59.8 Å². The Balaban J connectivity index is 2.08. The zero-order chi connectivity index (χ0) is 14.0. The highest BCUT2D eigenvalue weighted by atomic mass is 79.9. The van der Waals surface area contributed by atoms with Crippen molar-refractivity contribution in [1.29, 1.82) is 0 Å². The molecule has 1 aliphatic carbocycles. The Hall–Kier alpha value is -0.940. The monoisotopic (exact) mass is 328 g/mol. The van der Waals surface area contributed by atoms with Gasteiger partial charge in [0.15, 0.2) is 0 Å². The zero-order valence-electron chi connectivity index (χ0n) is 10.9. The Kier molecular flexibility index (Phi) is 4.58. The zero-order valence-corrected chi connectivity index (χ0v) is 12.5. The summed E-state index contributed by atoms with van der Waals surface area (Å²) in [5.41, 5.74) is 6.37. The lowest BCUT2D eigenvalue weighted by Crippen LogP contribution is -2.41. The summed E-state index contributed by atoms with van der Waals surface area (Å²) < 4.78 is 13.5. The van der Waals surface area contributed by atoms with Gasteiger partial charge in [-0.2, -0.15) is 0 Å². The van der Waals surface area contributed by atoms with E-state index >= 15 is 0 Å².